The van der Waals surface area contributed by atoms with Gasteiger partial charge < -0.3 is 4.74 Å². The van der Waals surface area contributed by atoms with E-state index in [4.69, 9.17) is 5.26 Å². The Balaban J connectivity index is 1.98. The molecule has 0 saturated heterocycles. The number of alkyl halides is 2. The van der Waals surface area contributed by atoms with Gasteiger partial charge in [-0.1, -0.05) is 12.1 Å². The van der Waals surface area contributed by atoms with Crippen molar-refractivity contribution in [1.82, 2.24) is 0 Å². The van der Waals surface area contributed by atoms with Gasteiger partial charge in [0.1, 0.15) is 22.9 Å². The maximum absolute atomic E-state index is 14.3. The highest BCUT2D eigenvalue weighted by molar-refractivity contribution is 5.65. The van der Waals surface area contributed by atoms with Gasteiger partial charge in [-0.15, -0.1) is 0 Å². The van der Waals surface area contributed by atoms with E-state index in [9.17, 15) is 30.7 Å². The van der Waals surface area contributed by atoms with Crippen LogP contribution in [0.2, 0.25) is 0 Å². The Labute approximate surface area is 159 Å². The molecule has 0 aliphatic heterocycles. The van der Waals surface area contributed by atoms with E-state index in [-0.39, 0.29) is 28.8 Å². The molecule has 0 radical (unpaired) electrons. The van der Waals surface area contributed by atoms with E-state index in [1.165, 1.54) is 24.3 Å². The van der Waals surface area contributed by atoms with Crippen molar-refractivity contribution in [3.63, 3.8) is 0 Å². The van der Waals surface area contributed by atoms with Crippen LogP contribution in [0.3, 0.4) is 0 Å². The molecule has 0 heterocycles. The van der Waals surface area contributed by atoms with Crippen LogP contribution in [-0.4, -0.2) is 0 Å². The van der Waals surface area contributed by atoms with Gasteiger partial charge in [0, 0.05) is 12.1 Å². The summed E-state index contributed by atoms with van der Waals surface area (Å²) < 4.78 is 100. The van der Waals surface area contributed by atoms with Crippen molar-refractivity contribution in [2.75, 3.05) is 0 Å². The summed E-state index contributed by atoms with van der Waals surface area (Å²) in [5.41, 5.74) is -1.35. The molecule has 0 spiro atoms. The minimum atomic E-state index is -4.66. The van der Waals surface area contributed by atoms with Gasteiger partial charge in [0.25, 0.3) is 0 Å². The lowest BCUT2D eigenvalue weighted by Crippen LogP contribution is -2.25. The zero-order valence-electron chi connectivity index (χ0n) is 14.1. The Kier molecular flexibility index (Phi) is 5.20. The molecule has 0 atom stereocenters. The first kappa shape index (κ1) is 20.2. The first-order chi connectivity index (χ1) is 13.6. The minimum Gasteiger partial charge on any atom is -0.429 e. The monoisotopic (exact) mass is 411 g/mol. The number of nitriles is 1. The molecule has 3 rings (SSSR count). The fraction of sp³-hybridized carbons (Fsp3) is 0.0500. The second-order valence-corrected chi connectivity index (χ2v) is 5.82. The Morgan fingerprint density at radius 1 is 0.724 bits per heavy atom. The van der Waals surface area contributed by atoms with Crippen molar-refractivity contribution in [2.24, 2.45) is 0 Å². The normalized spacial score (nSPS) is 11.2. The van der Waals surface area contributed by atoms with Gasteiger partial charge in [-0.05, 0) is 35.4 Å². The second kappa shape index (κ2) is 7.47. The molecule has 0 saturated carbocycles. The van der Waals surface area contributed by atoms with E-state index < -0.39 is 46.5 Å². The summed E-state index contributed by atoms with van der Waals surface area (Å²) >= 11 is 0. The highest BCUT2D eigenvalue weighted by Crippen LogP contribution is 2.37. The van der Waals surface area contributed by atoms with E-state index in [2.05, 4.69) is 4.74 Å². The van der Waals surface area contributed by atoms with Crippen LogP contribution in [0.5, 0.6) is 5.75 Å². The van der Waals surface area contributed by atoms with Gasteiger partial charge in [0.2, 0.25) is 0 Å². The van der Waals surface area contributed by atoms with Crippen LogP contribution in [0.4, 0.5) is 30.7 Å². The average molecular weight is 411 g/mol. The smallest absolute Gasteiger partial charge is 0.429 e. The van der Waals surface area contributed by atoms with Crippen LogP contribution in [0.1, 0.15) is 11.1 Å². The van der Waals surface area contributed by atoms with Crippen LogP contribution in [0.15, 0.2) is 48.5 Å². The van der Waals surface area contributed by atoms with Crippen molar-refractivity contribution in [3.8, 4) is 22.9 Å². The van der Waals surface area contributed by atoms with Crippen molar-refractivity contribution in [2.45, 2.75) is 6.11 Å². The molecule has 0 bridgehead atoms. The summed E-state index contributed by atoms with van der Waals surface area (Å²) in [7, 11) is 0. The van der Waals surface area contributed by atoms with Gasteiger partial charge >= 0.3 is 6.11 Å². The molecule has 148 valence electrons. The zero-order chi connectivity index (χ0) is 21.3. The van der Waals surface area contributed by atoms with Gasteiger partial charge in [-0.25, -0.2) is 22.0 Å². The molecule has 9 heteroatoms. The third-order valence-electron chi connectivity index (χ3n) is 3.88. The van der Waals surface area contributed by atoms with E-state index in [1.807, 2.05) is 6.07 Å². The predicted molar refractivity (Wildman–Crippen MR) is 87.3 cm³/mol. The fourth-order valence-electron chi connectivity index (χ4n) is 2.55. The third kappa shape index (κ3) is 4.01. The topological polar surface area (TPSA) is 33.0 Å². The largest absolute Gasteiger partial charge is 0.432 e. The summed E-state index contributed by atoms with van der Waals surface area (Å²) in [5.74, 6) is -10.1. The van der Waals surface area contributed by atoms with Crippen molar-refractivity contribution in [1.29, 1.82) is 5.26 Å². The molecule has 0 N–H and O–H groups in total. The van der Waals surface area contributed by atoms with Gasteiger partial charge in [0.05, 0.1) is 11.6 Å². The molecule has 29 heavy (non-hydrogen) atoms. The Morgan fingerprint density at radius 2 is 1.24 bits per heavy atom. The molecule has 0 aliphatic rings. The van der Waals surface area contributed by atoms with E-state index >= 15 is 0 Å². The number of hydrogen-bond donors (Lipinski definition) is 0. The molecule has 0 fully saturated rings. The van der Waals surface area contributed by atoms with Crippen LogP contribution in [0, 0.1) is 40.4 Å². The summed E-state index contributed by atoms with van der Waals surface area (Å²) in [6.07, 6.45) is -4.66. The molecular weight excluding hydrogens is 403 g/mol. The summed E-state index contributed by atoms with van der Waals surface area (Å²) in [6.45, 7) is 0. The van der Waals surface area contributed by atoms with Crippen molar-refractivity contribution >= 4 is 0 Å². The standard InChI is InChI=1S/C20H8F7NO/c21-14-5-12(11-3-1-10(9-28)2-4-11)6-15(22)18(14)20(26,27)29-13-7-16(23)19(25)17(24)8-13/h1-8H. The lowest BCUT2D eigenvalue weighted by molar-refractivity contribution is -0.189. The molecule has 2 nitrogen and oxygen atoms in total. The highest BCUT2D eigenvalue weighted by Gasteiger charge is 2.41. The number of halogens is 7. The quantitative estimate of drug-likeness (QED) is 0.387. The van der Waals surface area contributed by atoms with Crippen LogP contribution in [-0.2, 0) is 6.11 Å². The van der Waals surface area contributed by atoms with E-state index in [0.717, 1.165) is 0 Å². The molecule has 0 unspecified atom stereocenters. The number of rotatable bonds is 4. The Bertz CT molecular complexity index is 1070. The molecular formula is C20H8F7NO. The fourth-order valence-corrected chi connectivity index (χ4v) is 2.55. The summed E-state index contributed by atoms with van der Waals surface area (Å²) in [5, 5.41) is 8.75. The maximum Gasteiger partial charge on any atom is 0.432 e. The van der Waals surface area contributed by atoms with Gasteiger partial charge in [-0.3, -0.25) is 0 Å². The lowest BCUT2D eigenvalue weighted by Gasteiger charge is -2.20. The van der Waals surface area contributed by atoms with Crippen LogP contribution in [0.25, 0.3) is 11.1 Å². The van der Waals surface area contributed by atoms with Crippen LogP contribution < -0.4 is 4.74 Å². The molecule has 3 aromatic rings. The first-order valence-corrected chi connectivity index (χ1v) is 7.84. The minimum absolute atomic E-state index is 0.0945. The van der Waals surface area contributed by atoms with E-state index in [0.29, 0.717) is 12.1 Å². The van der Waals surface area contributed by atoms with Crippen molar-refractivity contribution in [3.05, 3.63) is 88.7 Å². The molecule has 0 amide bonds. The third-order valence-corrected chi connectivity index (χ3v) is 3.88. The molecule has 0 aromatic heterocycles. The number of ether oxygens (including phenoxy) is 1. The molecule has 3 aromatic carbocycles. The number of hydrogen-bond acceptors (Lipinski definition) is 2. The zero-order valence-corrected chi connectivity index (χ0v) is 14.1. The lowest BCUT2D eigenvalue weighted by atomic mass is 10.0. The second-order valence-electron chi connectivity index (χ2n) is 5.82. The highest BCUT2D eigenvalue weighted by atomic mass is 19.3. The average Bonchev–Trinajstić information content (AvgIpc) is 2.65. The van der Waals surface area contributed by atoms with E-state index in [1.54, 1.807) is 0 Å². The van der Waals surface area contributed by atoms with Crippen molar-refractivity contribution < 1.29 is 35.5 Å². The van der Waals surface area contributed by atoms with Gasteiger partial charge in [0.15, 0.2) is 17.5 Å². The summed E-state index contributed by atoms with van der Waals surface area (Å²) in [6, 6.07) is 8.79. The first-order valence-electron chi connectivity index (χ1n) is 7.84. The SMILES string of the molecule is N#Cc1ccc(-c2cc(F)c(C(F)(F)Oc3cc(F)c(F)c(F)c3)c(F)c2)cc1. The predicted octanol–water partition coefficient (Wildman–Crippen LogP) is 6.05. The Hall–Kier alpha value is -3.54. The van der Waals surface area contributed by atoms with Gasteiger partial charge in [-0.2, -0.15) is 14.0 Å². The number of benzene rings is 3. The number of nitrogens with zero attached hydrogens (tertiary/aromatic N) is 1. The summed E-state index contributed by atoms with van der Waals surface area (Å²) in [4.78, 5) is 0. The maximum atomic E-state index is 14.3. The molecule has 0 aliphatic carbocycles. The van der Waals surface area contributed by atoms with Crippen LogP contribution >= 0.6 is 0 Å². The Morgan fingerprint density at radius 3 is 1.72 bits per heavy atom.